The van der Waals surface area contributed by atoms with Crippen LogP contribution in [0.15, 0.2) is 72.8 Å². The van der Waals surface area contributed by atoms with Crippen molar-refractivity contribution >= 4 is 17.7 Å². The van der Waals surface area contributed by atoms with Crippen molar-refractivity contribution in [3.05, 3.63) is 98.6 Å². The number of nitro benzene ring substituents is 2. The summed E-state index contributed by atoms with van der Waals surface area (Å²) in [6.45, 7) is 0. The SMILES string of the molecule is O=Cc1ccc(-c2nc(-c3ccc([N+](=O)[O-])cc3)c(-c3ccc([N+](=O)[O-])cc3)[nH]2)cc1. The molecular weight excluding hydrogens is 400 g/mol. The van der Waals surface area contributed by atoms with E-state index >= 15 is 0 Å². The smallest absolute Gasteiger partial charge is 0.269 e. The minimum absolute atomic E-state index is 0.0372. The standard InChI is InChI=1S/C22H14N4O5/c27-13-14-1-3-17(4-2-14)22-23-20(15-5-9-18(10-6-15)25(28)29)21(24-22)16-7-11-19(12-8-16)26(30)31/h1-13H,(H,23,24). The van der Waals surface area contributed by atoms with Crippen LogP contribution in [-0.4, -0.2) is 26.1 Å². The Balaban J connectivity index is 1.84. The van der Waals surface area contributed by atoms with Gasteiger partial charge in [0.15, 0.2) is 0 Å². The average Bonchev–Trinajstić information content (AvgIpc) is 3.24. The first-order valence-electron chi connectivity index (χ1n) is 9.11. The summed E-state index contributed by atoms with van der Waals surface area (Å²) in [5.41, 5.74) is 3.65. The minimum Gasteiger partial charge on any atom is -0.337 e. The van der Waals surface area contributed by atoms with Crippen molar-refractivity contribution in [2.24, 2.45) is 0 Å². The van der Waals surface area contributed by atoms with Gasteiger partial charge in [-0.3, -0.25) is 25.0 Å². The van der Waals surface area contributed by atoms with Crippen LogP contribution in [0.5, 0.6) is 0 Å². The fourth-order valence-electron chi connectivity index (χ4n) is 3.14. The summed E-state index contributed by atoms with van der Waals surface area (Å²) in [5.74, 6) is 0.527. The van der Waals surface area contributed by atoms with Crippen LogP contribution in [0, 0.1) is 20.2 Å². The number of nitrogens with zero attached hydrogens (tertiary/aromatic N) is 3. The van der Waals surface area contributed by atoms with E-state index in [0.29, 0.717) is 33.9 Å². The Labute approximate surface area is 175 Å². The second-order valence-electron chi connectivity index (χ2n) is 6.66. The molecule has 0 saturated carbocycles. The van der Waals surface area contributed by atoms with Gasteiger partial charge in [-0.05, 0) is 24.3 Å². The highest BCUT2D eigenvalue weighted by atomic mass is 16.6. The molecule has 9 heteroatoms. The molecule has 0 spiro atoms. The maximum Gasteiger partial charge on any atom is 0.269 e. The lowest BCUT2D eigenvalue weighted by molar-refractivity contribution is -0.385. The molecule has 3 aromatic carbocycles. The lowest BCUT2D eigenvalue weighted by Gasteiger charge is -2.03. The molecule has 0 saturated heterocycles. The number of aromatic nitrogens is 2. The second-order valence-corrected chi connectivity index (χ2v) is 6.66. The number of carbonyl (C=O) groups is 1. The van der Waals surface area contributed by atoms with Crippen molar-refractivity contribution in [2.75, 3.05) is 0 Å². The van der Waals surface area contributed by atoms with Crippen molar-refractivity contribution in [1.29, 1.82) is 0 Å². The van der Waals surface area contributed by atoms with Crippen LogP contribution in [0.25, 0.3) is 33.9 Å². The number of nitrogens with one attached hydrogen (secondary N) is 1. The van der Waals surface area contributed by atoms with Crippen LogP contribution in [-0.2, 0) is 0 Å². The van der Waals surface area contributed by atoms with Gasteiger partial charge in [0.05, 0.1) is 21.2 Å². The molecule has 0 atom stereocenters. The molecule has 152 valence electrons. The van der Waals surface area contributed by atoms with Gasteiger partial charge in [-0.15, -0.1) is 0 Å². The minimum atomic E-state index is -0.481. The topological polar surface area (TPSA) is 132 Å². The largest absolute Gasteiger partial charge is 0.337 e. The molecule has 9 nitrogen and oxygen atoms in total. The van der Waals surface area contributed by atoms with Crippen LogP contribution in [0.2, 0.25) is 0 Å². The van der Waals surface area contributed by atoms with Crippen molar-refractivity contribution in [2.45, 2.75) is 0 Å². The molecule has 0 aliphatic heterocycles. The van der Waals surface area contributed by atoms with Gasteiger partial charge in [0.25, 0.3) is 11.4 Å². The van der Waals surface area contributed by atoms with Crippen molar-refractivity contribution in [3.63, 3.8) is 0 Å². The number of benzene rings is 3. The third-order valence-electron chi connectivity index (χ3n) is 4.74. The zero-order valence-electron chi connectivity index (χ0n) is 15.9. The van der Waals surface area contributed by atoms with E-state index in [0.717, 1.165) is 11.8 Å². The summed E-state index contributed by atoms with van der Waals surface area (Å²) in [6, 6.07) is 18.8. The zero-order chi connectivity index (χ0) is 22.0. The molecule has 0 amide bonds. The van der Waals surface area contributed by atoms with Crippen LogP contribution in [0.3, 0.4) is 0 Å². The van der Waals surface area contributed by atoms with E-state index in [-0.39, 0.29) is 11.4 Å². The average molecular weight is 414 g/mol. The summed E-state index contributed by atoms with van der Waals surface area (Å²) in [5, 5.41) is 21.9. The third kappa shape index (κ3) is 3.92. The number of imidazole rings is 1. The van der Waals surface area contributed by atoms with Crippen molar-refractivity contribution < 1.29 is 14.6 Å². The first-order chi connectivity index (χ1) is 15.0. The predicted octanol–water partition coefficient (Wildman–Crippen LogP) is 5.04. The number of aldehydes is 1. The summed E-state index contributed by atoms with van der Waals surface area (Å²) >= 11 is 0. The van der Waals surface area contributed by atoms with E-state index < -0.39 is 9.85 Å². The molecule has 1 aromatic heterocycles. The summed E-state index contributed by atoms with van der Waals surface area (Å²) in [7, 11) is 0. The van der Waals surface area contributed by atoms with Gasteiger partial charge in [0, 0.05) is 46.5 Å². The number of hydrogen-bond donors (Lipinski definition) is 1. The first kappa shape index (κ1) is 19.6. The zero-order valence-corrected chi connectivity index (χ0v) is 15.9. The van der Waals surface area contributed by atoms with Gasteiger partial charge < -0.3 is 4.98 Å². The Morgan fingerprint density at radius 1 is 0.710 bits per heavy atom. The van der Waals surface area contributed by atoms with Gasteiger partial charge in [0.1, 0.15) is 12.1 Å². The molecule has 4 rings (SSSR count). The second kappa shape index (κ2) is 7.99. The highest BCUT2D eigenvalue weighted by Gasteiger charge is 2.17. The molecule has 0 fully saturated rings. The van der Waals surface area contributed by atoms with E-state index in [1.54, 1.807) is 48.5 Å². The van der Waals surface area contributed by atoms with E-state index in [1.165, 1.54) is 24.3 Å². The number of rotatable bonds is 6. The van der Waals surface area contributed by atoms with Gasteiger partial charge in [-0.2, -0.15) is 0 Å². The molecule has 0 unspecified atom stereocenters. The van der Waals surface area contributed by atoms with Gasteiger partial charge in [0.2, 0.25) is 0 Å². The van der Waals surface area contributed by atoms with E-state index in [9.17, 15) is 25.0 Å². The Kier molecular flexibility index (Phi) is 5.07. The first-order valence-corrected chi connectivity index (χ1v) is 9.11. The Morgan fingerprint density at radius 2 is 1.19 bits per heavy atom. The Morgan fingerprint density at radius 3 is 1.68 bits per heavy atom. The van der Waals surface area contributed by atoms with E-state index in [4.69, 9.17) is 0 Å². The number of aromatic amines is 1. The lowest BCUT2D eigenvalue weighted by Crippen LogP contribution is -1.89. The van der Waals surface area contributed by atoms with Crippen LogP contribution < -0.4 is 0 Å². The number of H-pyrrole nitrogens is 1. The van der Waals surface area contributed by atoms with Crippen LogP contribution in [0.4, 0.5) is 11.4 Å². The molecule has 4 aromatic rings. The summed E-state index contributed by atoms with van der Waals surface area (Å²) in [6.07, 6.45) is 0.747. The van der Waals surface area contributed by atoms with E-state index in [2.05, 4.69) is 9.97 Å². The summed E-state index contributed by atoms with van der Waals surface area (Å²) in [4.78, 5) is 39.8. The molecule has 0 bridgehead atoms. The maximum atomic E-state index is 11.0. The quantitative estimate of drug-likeness (QED) is 0.267. The third-order valence-corrected chi connectivity index (χ3v) is 4.74. The molecule has 1 N–H and O–H groups in total. The molecule has 0 aliphatic rings. The predicted molar refractivity (Wildman–Crippen MR) is 114 cm³/mol. The number of hydrogen-bond acceptors (Lipinski definition) is 6. The Bertz CT molecular complexity index is 1200. The molecule has 0 radical (unpaired) electrons. The number of nitro groups is 2. The Hall–Kier alpha value is -4.66. The molecule has 31 heavy (non-hydrogen) atoms. The molecule has 1 heterocycles. The molecule has 0 aliphatic carbocycles. The number of carbonyl (C=O) groups excluding carboxylic acids is 1. The van der Waals surface area contributed by atoms with Crippen LogP contribution in [0.1, 0.15) is 10.4 Å². The van der Waals surface area contributed by atoms with Gasteiger partial charge in [-0.1, -0.05) is 24.3 Å². The molecular formula is C22H14N4O5. The van der Waals surface area contributed by atoms with Crippen molar-refractivity contribution in [3.8, 4) is 33.9 Å². The highest BCUT2D eigenvalue weighted by molar-refractivity contribution is 5.82. The number of non-ortho nitro benzene ring substituents is 2. The van der Waals surface area contributed by atoms with Crippen LogP contribution >= 0.6 is 0 Å². The fraction of sp³-hybridized carbons (Fsp3) is 0. The fourth-order valence-corrected chi connectivity index (χ4v) is 3.14. The monoisotopic (exact) mass is 414 g/mol. The van der Waals surface area contributed by atoms with Gasteiger partial charge >= 0.3 is 0 Å². The van der Waals surface area contributed by atoms with Gasteiger partial charge in [-0.25, -0.2) is 4.98 Å². The summed E-state index contributed by atoms with van der Waals surface area (Å²) < 4.78 is 0. The van der Waals surface area contributed by atoms with Crippen molar-refractivity contribution in [1.82, 2.24) is 9.97 Å². The maximum absolute atomic E-state index is 11.0. The highest BCUT2D eigenvalue weighted by Crippen LogP contribution is 2.34. The van der Waals surface area contributed by atoms with E-state index in [1.807, 2.05) is 0 Å². The lowest BCUT2D eigenvalue weighted by atomic mass is 10.0. The normalized spacial score (nSPS) is 10.6.